The minimum Gasteiger partial charge on any atom is -0.443 e. The fourth-order valence-corrected chi connectivity index (χ4v) is 1.04. The number of hydrogen-bond donors (Lipinski definition) is 0. The zero-order valence-electron chi connectivity index (χ0n) is 6.01. The summed E-state index contributed by atoms with van der Waals surface area (Å²) in [6.07, 6.45) is 0. The molecule has 0 aliphatic carbocycles. The summed E-state index contributed by atoms with van der Waals surface area (Å²) in [7, 11) is 0. The average Bonchev–Trinajstić information content (AvgIpc) is 2.11. The van der Waals surface area contributed by atoms with Crippen LogP contribution in [0.2, 0.25) is 0 Å². The molecule has 0 saturated carbocycles. The molecule has 2 nitrogen and oxygen atoms in total. The molecule has 1 aromatic rings. The predicted octanol–water partition coefficient (Wildman–Crippen LogP) is -2.10. The fraction of sp³-hybridized carbons (Fsp3) is 0.333. The van der Waals surface area contributed by atoms with Gasteiger partial charge in [0.1, 0.15) is 5.01 Å². The SMILES string of the molecule is Cc1nnc([B-](F)(F)F)s1.[K+]. The first-order valence-corrected chi connectivity index (χ1v) is 3.32. The molecular weight excluding hydrogens is 203 g/mol. The summed E-state index contributed by atoms with van der Waals surface area (Å²) < 4.78 is 35.3. The summed E-state index contributed by atoms with van der Waals surface area (Å²) >= 11 is 0.575. The second-order valence-corrected chi connectivity index (χ2v) is 2.95. The normalized spacial score (nSPS) is 10.9. The van der Waals surface area contributed by atoms with Crippen molar-refractivity contribution in [3.05, 3.63) is 5.01 Å². The molecule has 0 aromatic carbocycles. The number of halogens is 3. The number of aromatic nitrogens is 2. The van der Waals surface area contributed by atoms with Crippen molar-refractivity contribution in [3.8, 4) is 0 Å². The molecule has 56 valence electrons. The molecule has 0 amide bonds. The summed E-state index contributed by atoms with van der Waals surface area (Å²) in [5.74, 6) is 0. The Morgan fingerprint density at radius 2 is 1.82 bits per heavy atom. The van der Waals surface area contributed by atoms with Crippen LogP contribution in [0.1, 0.15) is 5.01 Å². The van der Waals surface area contributed by atoms with E-state index in [0.29, 0.717) is 16.3 Å². The summed E-state index contributed by atoms with van der Waals surface area (Å²) in [6.45, 7) is -3.45. The van der Waals surface area contributed by atoms with Crippen LogP contribution in [0.5, 0.6) is 0 Å². The molecule has 0 fully saturated rings. The van der Waals surface area contributed by atoms with Gasteiger partial charge in [-0.2, -0.15) is 5.10 Å². The Kier molecular flexibility index (Phi) is 4.75. The van der Waals surface area contributed by atoms with Gasteiger partial charge in [0.2, 0.25) is 0 Å². The van der Waals surface area contributed by atoms with E-state index in [2.05, 4.69) is 10.2 Å². The monoisotopic (exact) mass is 206 g/mol. The minimum atomic E-state index is -4.94. The first-order chi connectivity index (χ1) is 4.50. The Bertz CT molecular complexity index is 237. The second-order valence-electron chi connectivity index (χ2n) is 1.73. The van der Waals surface area contributed by atoms with Gasteiger partial charge in [-0.25, -0.2) is 0 Å². The van der Waals surface area contributed by atoms with E-state index in [1.165, 1.54) is 6.92 Å². The predicted molar refractivity (Wildman–Crippen MR) is 33.4 cm³/mol. The number of aryl methyl sites for hydroxylation is 1. The molecule has 0 aliphatic heterocycles. The van der Waals surface area contributed by atoms with Crippen LogP contribution in [-0.2, 0) is 0 Å². The van der Waals surface area contributed by atoms with E-state index in [1.807, 2.05) is 0 Å². The van der Waals surface area contributed by atoms with Gasteiger partial charge >= 0.3 is 58.4 Å². The van der Waals surface area contributed by atoms with Crippen molar-refractivity contribution in [1.82, 2.24) is 10.2 Å². The van der Waals surface area contributed by atoms with E-state index in [9.17, 15) is 12.9 Å². The molecule has 0 spiro atoms. The van der Waals surface area contributed by atoms with Crippen LogP contribution in [0.25, 0.3) is 0 Å². The van der Waals surface area contributed by atoms with Gasteiger partial charge in [0.15, 0.2) is 0 Å². The number of hydrogen-bond acceptors (Lipinski definition) is 3. The topological polar surface area (TPSA) is 25.8 Å². The second kappa shape index (κ2) is 4.33. The molecule has 8 heteroatoms. The maximum Gasteiger partial charge on any atom is 1.00 e. The summed E-state index contributed by atoms with van der Waals surface area (Å²) in [6, 6.07) is 0. The zero-order chi connectivity index (χ0) is 7.78. The molecular formula is C3H3BF3KN2S. The van der Waals surface area contributed by atoms with E-state index >= 15 is 0 Å². The van der Waals surface area contributed by atoms with Crippen molar-refractivity contribution in [2.45, 2.75) is 6.92 Å². The fourth-order valence-electron chi connectivity index (χ4n) is 0.444. The van der Waals surface area contributed by atoms with Gasteiger partial charge in [0.05, 0.1) is 4.91 Å². The molecule has 1 heterocycles. The third-order valence-electron chi connectivity index (χ3n) is 0.822. The van der Waals surface area contributed by atoms with Crippen LogP contribution in [0, 0.1) is 6.92 Å². The Morgan fingerprint density at radius 3 is 2.00 bits per heavy atom. The first-order valence-electron chi connectivity index (χ1n) is 2.50. The molecule has 11 heavy (non-hydrogen) atoms. The largest absolute Gasteiger partial charge is 1.00 e. The van der Waals surface area contributed by atoms with Gasteiger partial charge in [0, 0.05) is 0 Å². The van der Waals surface area contributed by atoms with Gasteiger partial charge in [-0.05, 0) is 6.92 Å². The molecule has 0 radical (unpaired) electrons. The van der Waals surface area contributed by atoms with Crippen LogP contribution >= 0.6 is 11.3 Å². The summed E-state index contributed by atoms with van der Waals surface area (Å²) in [5, 5.41) is 6.55. The van der Waals surface area contributed by atoms with Crippen molar-refractivity contribution in [3.63, 3.8) is 0 Å². The Balaban J connectivity index is 0.000001000. The van der Waals surface area contributed by atoms with Gasteiger partial charge < -0.3 is 12.9 Å². The smallest absolute Gasteiger partial charge is 0.443 e. The van der Waals surface area contributed by atoms with E-state index < -0.39 is 11.9 Å². The Hall–Kier alpha value is 1.05. The molecule has 0 unspecified atom stereocenters. The van der Waals surface area contributed by atoms with Crippen LogP contribution in [0.15, 0.2) is 0 Å². The van der Waals surface area contributed by atoms with Gasteiger partial charge in [-0.3, -0.25) is 0 Å². The van der Waals surface area contributed by atoms with Crippen LogP contribution in [-0.4, -0.2) is 17.2 Å². The van der Waals surface area contributed by atoms with Crippen LogP contribution in [0.4, 0.5) is 12.9 Å². The third kappa shape index (κ3) is 3.51. The molecule has 0 bridgehead atoms. The minimum absolute atomic E-state index is 0. The molecule has 0 N–H and O–H groups in total. The van der Waals surface area contributed by atoms with Gasteiger partial charge in [0.25, 0.3) is 0 Å². The third-order valence-corrected chi connectivity index (χ3v) is 1.76. The van der Waals surface area contributed by atoms with Crippen molar-refractivity contribution in [1.29, 1.82) is 0 Å². The van der Waals surface area contributed by atoms with Crippen LogP contribution in [0.3, 0.4) is 0 Å². The van der Waals surface area contributed by atoms with E-state index in [4.69, 9.17) is 0 Å². The van der Waals surface area contributed by atoms with Gasteiger partial charge in [-0.1, -0.05) is 0 Å². The first kappa shape index (κ1) is 12.1. The van der Waals surface area contributed by atoms with Crippen molar-refractivity contribution in [2.75, 3.05) is 0 Å². The number of rotatable bonds is 1. The molecule has 0 atom stereocenters. The van der Waals surface area contributed by atoms with E-state index in [1.54, 1.807) is 0 Å². The van der Waals surface area contributed by atoms with E-state index in [0.717, 1.165) is 0 Å². The Labute approximate surface area is 108 Å². The average molecular weight is 206 g/mol. The maximum absolute atomic E-state index is 11.8. The van der Waals surface area contributed by atoms with Crippen molar-refractivity contribution in [2.24, 2.45) is 0 Å². The van der Waals surface area contributed by atoms with Crippen LogP contribution < -0.4 is 56.3 Å². The summed E-state index contributed by atoms with van der Waals surface area (Å²) in [4.78, 5) is -0.822. The van der Waals surface area contributed by atoms with Crippen molar-refractivity contribution >= 4 is 23.2 Å². The summed E-state index contributed by atoms with van der Waals surface area (Å²) in [5.41, 5.74) is 0. The van der Waals surface area contributed by atoms with E-state index in [-0.39, 0.29) is 51.4 Å². The zero-order valence-corrected chi connectivity index (χ0v) is 9.95. The Morgan fingerprint density at radius 1 is 1.27 bits per heavy atom. The molecule has 1 rings (SSSR count). The van der Waals surface area contributed by atoms with Crippen molar-refractivity contribution < 1.29 is 64.3 Å². The standard InChI is InChI=1S/C3H3BF3N2S.K/c1-2-8-9-3(10-2)4(5,6)7;/h1H3;/q-1;+1. The molecule has 0 aliphatic rings. The molecule has 0 saturated heterocycles. The maximum atomic E-state index is 11.8. The quantitative estimate of drug-likeness (QED) is 0.492. The van der Waals surface area contributed by atoms with Gasteiger partial charge in [-0.15, -0.1) is 16.4 Å². The molecule has 1 aromatic heterocycles. The number of nitrogens with zero attached hydrogens (tertiary/aromatic N) is 2.